The zero-order chi connectivity index (χ0) is 26.4. The fourth-order valence-electron chi connectivity index (χ4n) is 5.23. The Labute approximate surface area is 219 Å². The van der Waals surface area contributed by atoms with Gasteiger partial charge in [0.1, 0.15) is 11.5 Å². The third-order valence-corrected chi connectivity index (χ3v) is 6.90. The number of hydrogen-bond acceptors (Lipinski definition) is 4. The first-order chi connectivity index (χ1) is 17.8. The quantitative estimate of drug-likeness (QED) is 0.478. The fraction of sp³-hybridized carbons (Fsp3) is 0.355. The largest absolute Gasteiger partial charge is 0.497 e. The van der Waals surface area contributed by atoms with Crippen molar-refractivity contribution in [3.05, 3.63) is 94.5 Å². The Kier molecular flexibility index (Phi) is 8.49. The van der Waals surface area contributed by atoms with Crippen molar-refractivity contribution in [3.63, 3.8) is 0 Å². The number of ether oxygens (including phenoxy) is 2. The summed E-state index contributed by atoms with van der Waals surface area (Å²) >= 11 is 0. The molecule has 0 spiro atoms. The number of nitrogens with zero attached hydrogens (tertiary/aromatic N) is 1. The van der Waals surface area contributed by atoms with Gasteiger partial charge in [0.2, 0.25) is 5.91 Å². The lowest BCUT2D eigenvalue weighted by molar-refractivity contribution is -0.121. The second-order valence-corrected chi connectivity index (χ2v) is 9.90. The summed E-state index contributed by atoms with van der Waals surface area (Å²) in [5.41, 5.74) is 4.90. The maximum atomic E-state index is 13.6. The van der Waals surface area contributed by atoms with E-state index in [0.29, 0.717) is 24.5 Å². The molecule has 4 rings (SSSR count). The Morgan fingerprint density at radius 3 is 2.16 bits per heavy atom. The average molecular weight is 501 g/mol. The lowest BCUT2D eigenvalue weighted by atomic mass is 9.91. The molecule has 1 saturated heterocycles. The lowest BCUT2D eigenvalue weighted by Gasteiger charge is -2.40. The van der Waals surface area contributed by atoms with Gasteiger partial charge in [0.15, 0.2) is 0 Å². The van der Waals surface area contributed by atoms with Crippen LogP contribution in [0.25, 0.3) is 0 Å². The molecule has 1 heterocycles. The maximum Gasteiger partial charge on any atom is 0.254 e. The summed E-state index contributed by atoms with van der Waals surface area (Å²) in [6, 6.07) is 21.7. The van der Waals surface area contributed by atoms with E-state index in [-0.39, 0.29) is 30.3 Å². The number of amides is 2. The zero-order valence-corrected chi connectivity index (χ0v) is 22.1. The van der Waals surface area contributed by atoms with E-state index in [4.69, 9.17) is 9.47 Å². The third-order valence-electron chi connectivity index (χ3n) is 6.90. The minimum Gasteiger partial charge on any atom is -0.497 e. The number of hydrogen-bond donors (Lipinski definition) is 1. The molecule has 1 fully saturated rings. The van der Waals surface area contributed by atoms with E-state index < -0.39 is 0 Å². The van der Waals surface area contributed by atoms with Crippen LogP contribution in [0.4, 0.5) is 0 Å². The highest BCUT2D eigenvalue weighted by Gasteiger charge is 2.33. The van der Waals surface area contributed by atoms with Crippen molar-refractivity contribution < 1.29 is 19.1 Å². The van der Waals surface area contributed by atoms with Gasteiger partial charge in [0, 0.05) is 30.3 Å². The molecule has 2 amide bonds. The molecule has 1 aliphatic rings. The molecule has 0 saturated carbocycles. The molecule has 0 bridgehead atoms. The van der Waals surface area contributed by atoms with Crippen LogP contribution in [0.2, 0.25) is 0 Å². The molecule has 6 heteroatoms. The third kappa shape index (κ3) is 6.91. The Morgan fingerprint density at radius 1 is 0.892 bits per heavy atom. The molecule has 3 aromatic carbocycles. The molecule has 194 valence electrons. The van der Waals surface area contributed by atoms with E-state index in [0.717, 1.165) is 35.1 Å². The molecule has 0 aliphatic carbocycles. The molecule has 37 heavy (non-hydrogen) atoms. The number of methoxy groups -OCH3 is 2. The predicted molar refractivity (Wildman–Crippen MR) is 145 cm³/mol. The number of carbonyl (C=O) groups is 2. The van der Waals surface area contributed by atoms with Gasteiger partial charge in [-0.25, -0.2) is 0 Å². The Morgan fingerprint density at radius 2 is 1.54 bits per heavy atom. The molecule has 1 N–H and O–H groups in total. The van der Waals surface area contributed by atoms with Crippen LogP contribution in [0.3, 0.4) is 0 Å². The monoisotopic (exact) mass is 500 g/mol. The first-order valence-electron chi connectivity index (χ1n) is 12.8. The minimum absolute atomic E-state index is 0.00277. The highest BCUT2D eigenvalue weighted by atomic mass is 16.5. The van der Waals surface area contributed by atoms with Crippen LogP contribution >= 0.6 is 0 Å². The van der Waals surface area contributed by atoms with Crippen molar-refractivity contribution in [3.8, 4) is 11.5 Å². The van der Waals surface area contributed by atoms with Gasteiger partial charge in [-0.3, -0.25) is 9.59 Å². The number of nitrogens with one attached hydrogen (secondary N) is 1. The van der Waals surface area contributed by atoms with Crippen LogP contribution in [0.15, 0.2) is 66.7 Å². The molecule has 3 aromatic rings. The van der Waals surface area contributed by atoms with E-state index >= 15 is 0 Å². The number of piperidine rings is 1. The first kappa shape index (κ1) is 26.3. The van der Waals surface area contributed by atoms with E-state index in [2.05, 4.69) is 23.5 Å². The van der Waals surface area contributed by atoms with Gasteiger partial charge in [-0.15, -0.1) is 0 Å². The molecule has 0 radical (unpaired) electrons. The molecule has 2 atom stereocenters. The normalized spacial score (nSPS) is 17.2. The van der Waals surface area contributed by atoms with Crippen LogP contribution in [-0.4, -0.2) is 49.6 Å². The second-order valence-electron chi connectivity index (χ2n) is 9.90. The van der Waals surface area contributed by atoms with Crippen LogP contribution in [-0.2, 0) is 17.6 Å². The smallest absolute Gasteiger partial charge is 0.254 e. The SMILES string of the molecule is COc1cc(CC(=O)N[C@H]2CCN(C(=O)c3cc(C)cc(C)c3)[C@H](Cc3ccccc3)C2)cc(OC)c1. The highest BCUT2D eigenvalue weighted by molar-refractivity contribution is 5.95. The summed E-state index contributed by atoms with van der Waals surface area (Å²) in [4.78, 5) is 28.6. The summed E-state index contributed by atoms with van der Waals surface area (Å²) in [7, 11) is 3.19. The Bertz CT molecular complexity index is 1200. The predicted octanol–water partition coefficient (Wildman–Crippen LogP) is 4.90. The van der Waals surface area contributed by atoms with Crippen molar-refractivity contribution in [2.24, 2.45) is 0 Å². The van der Waals surface area contributed by atoms with E-state index in [9.17, 15) is 9.59 Å². The summed E-state index contributed by atoms with van der Waals surface area (Å²) in [6.07, 6.45) is 2.41. The standard InChI is InChI=1S/C31H36N2O4/c1-21-12-22(2)14-25(13-21)31(35)33-11-10-26(19-27(33)15-23-8-6-5-7-9-23)32-30(34)18-24-16-28(36-3)20-29(17-24)37-4/h5-9,12-14,16-17,20,26-27H,10-11,15,18-19H2,1-4H3,(H,32,34)/t26-,27+/m0/s1. The van der Waals surface area contributed by atoms with Crippen LogP contribution < -0.4 is 14.8 Å². The summed E-state index contributed by atoms with van der Waals surface area (Å²) in [5.74, 6) is 1.32. The van der Waals surface area contributed by atoms with E-state index in [1.165, 1.54) is 5.56 Å². The van der Waals surface area contributed by atoms with Crippen molar-refractivity contribution in [1.29, 1.82) is 0 Å². The second kappa shape index (κ2) is 12.0. The molecular formula is C31H36N2O4. The fourth-order valence-corrected chi connectivity index (χ4v) is 5.23. The minimum atomic E-state index is -0.0483. The van der Waals surface area contributed by atoms with Crippen LogP contribution in [0.1, 0.15) is 45.5 Å². The number of benzene rings is 3. The molecule has 6 nitrogen and oxygen atoms in total. The first-order valence-corrected chi connectivity index (χ1v) is 12.8. The van der Waals surface area contributed by atoms with Gasteiger partial charge in [-0.2, -0.15) is 0 Å². The van der Waals surface area contributed by atoms with Gasteiger partial charge in [0.05, 0.1) is 20.6 Å². The van der Waals surface area contributed by atoms with Crippen molar-refractivity contribution in [1.82, 2.24) is 10.2 Å². The molecule has 1 aliphatic heterocycles. The Hall–Kier alpha value is -3.80. The summed E-state index contributed by atoms with van der Waals surface area (Å²) in [6.45, 7) is 4.64. The maximum absolute atomic E-state index is 13.6. The van der Waals surface area contributed by atoms with Crippen LogP contribution in [0, 0.1) is 13.8 Å². The molecular weight excluding hydrogens is 464 g/mol. The van der Waals surface area contributed by atoms with Crippen molar-refractivity contribution >= 4 is 11.8 Å². The van der Waals surface area contributed by atoms with E-state index in [1.807, 2.05) is 61.2 Å². The number of rotatable bonds is 8. The number of likely N-dealkylation sites (tertiary alicyclic amines) is 1. The molecule has 0 aromatic heterocycles. The summed E-state index contributed by atoms with van der Waals surface area (Å²) in [5, 5.41) is 3.22. The molecule has 0 unspecified atom stereocenters. The lowest BCUT2D eigenvalue weighted by Crippen LogP contribution is -2.53. The van der Waals surface area contributed by atoms with Crippen LogP contribution in [0.5, 0.6) is 11.5 Å². The van der Waals surface area contributed by atoms with E-state index in [1.54, 1.807) is 20.3 Å². The average Bonchev–Trinajstić information content (AvgIpc) is 2.88. The highest BCUT2D eigenvalue weighted by Crippen LogP contribution is 2.26. The number of carbonyl (C=O) groups excluding carboxylic acids is 2. The Balaban J connectivity index is 1.48. The number of aryl methyl sites for hydroxylation is 2. The zero-order valence-electron chi connectivity index (χ0n) is 22.1. The van der Waals surface area contributed by atoms with Gasteiger partial charge in [-0.1, -0.05) is 47.5 Å². The van der Waals surface area contributed by atoms with Gasteiger partial charge < -0.3 is 19.7 Å². The van der Waals surface area contributed by atoms with Gasteiger partial charge in [0.25, 0.3) is 5.91 Å². The topological polar surface area (TPSA) is 67.9 Å². The summed E-state index contributed by atoms with van der Waals surface area (Å²) < 4.78 is 10.7. The van der Waals surface area contributed by atoms with Gasteiger partial charge in [-0.05, 0) is 68.5 Å². The van der Waals surface area contributed by atoms with Crippen molar-refractivity contribution in [2.45, 2.75) is 51.6 Å². The van der Waals surface area contributed by atoms with Gasteiger partial charge >= 0.3 is 0 Å². The van der Waals surface area contributed by atoms with Crippen molar-refractivity contribution in [2.75, 3.05) is 20.8 Å².